The van der Waals surface area contributed by atoms with E-state index >= 15 is 0 Å². The van der Waals surface area contributed by atoms with Gasteiger partial charge >= 0.3 is 0 Å². The minimum absolute atomic E-state index is 0.0659. The Morgan fingerprint density at radius 2 is 2.00 bits per heavy atom. The first kappa shape index (κ1) is 10.3. The van der Waals surface area contributed by atoms with Crippen LogP contribution in [0.15, 0.2) is 12.1 Å². The Labute approximate surface area is 94.2 Å². The van der Waals surface area contributed by atoms with Crippen LogP contribution in [0.4, 0.5) is 0 Å². The molecule has 0 aliphatic heterocycles. The Kier molecular flexibility index (Phi) is 2.30. The Morgan fingerprint density at radius 1 is 1.36 bits per heavy atom. The summed E-state index contributed by atoms with van der Waals surface area (Å²) in [6.45, 7) is 4.33. The Hall–Kier alpha value is -0.240. The maximum atomic E-state index is 6.18. The maximum Gasteiger partial charge on any atom is 0.0461 e. The Balaban J connectivity index is 2.69. The van der Waals surface area contributed by atoms with E-state index in [2.05, 4.69) is 13.8 Å². The lowest BCUT2D eigenvalue weighted by Gasteiger charge is -2.20. The molecule has 0 amide bonds. The number of halogens is 2. The lowest BCUT2D eigenvalue weighted by Crippen LogP contribution is -2.14. The van der Waals surface area contributed by atoms with Gasteiger partial charge in [0, 0.05) is 16.1 Å². The van der Waals surface area contributed by atoms with Gasteiger partial charge in [-0.3, -0.25) is 0 Å². The standard InChI is InChI=1S/C11H13Cl2N/c1-11(2)5-9(14)7-3-6(12)4-8(13)10(7)11/h3-4,9H,5,14H2,1-2H3/t9-/m1/s1. The largest absolute Gasteiger partial charge is 0.324 e. The number of fused-ring (bicyclic) bond motifs is 1. The molecule has 1 nitrogen and oxygen atoms in total. The first-order valence-electron chi connectivity index (χ1n) is 4.67. The third kappa shape index (κ3) is 1.44. The molecule has 0 aromatic heterocycles. The third-order valence-corrected chi connectivity index (χ3v) is 3.41. The predicted octanol–water partition coefficient (Wildman–Crippen LogP) is 3.67. The first-order chi connectivity index (χ1) is 6.42. The number of hydrogen-bond acceptors (Lipinski definition) is 1. The number of nitrogens with two attached hydrogens (primary N) is 1. The molecule has 0 heterocycles. The van der Waals surface area contributed by atoms with Crippen molar-refractivity contribution in [3.8, 4) is 0 Å². The Bertz CT molecular complexity index is 385. The fourth-order valence-electron chi connectivity index (χ4n) is 2.36. The maximum absolute atomic E-state index is 6.18. The van der Waals surface area contributed by atoms with Crippen LogP contribution in [-0.4, -0.2) is 0 Å². The summed E-state index contributed by atoms with van der Waals surface area (Å²) in [6, 6.07) is 3.79. The predicted molar refractivity (Wildman–Crippen MR) is 61.0 cm³/mol. The highest BCUT2D eigenvalue weighted by Crippen LogP contribution is 2.47. The topological polar surface area (TPSA) is 26.0 Å². The average Bonchev–Trinajstić information content (AvgIpc) is 2.21. The van der Waals surface area contributed by atoms with Crippen LogP contribution < -0.4 is 5.73 Å². The van der Waals surface area contributed by atoms with Gasteiger partial charge in [-0.1, -0.05) is 37.0 Å². The second kappa shape index (κ2) is 3.13. The van der Waals surface area contributed by atoms with Gasteiger partial charge in [0.25, 0.3) is 0 Å². The fourth-order valence-corrected chi connectivity index (χ4v) is 3.13. The minimum atomic E-state index is 0.0659. The molecule has 76 valence electrons. The second-order valence-electron chi connectivity index (χ2n) is 4.55. The zero-order valence-electron chi connectivity index (χ0n) is 8.27. The van der Waals surface area contributed by atoms with Crippen LogP contribution in [0.5, 0.6) is 0 Å². The van der Waals surface area contributed by atoms with E-state index in [1.54, 1.807) is 6.07 Å². The molecule has 0 fully saturated rings. The lowest BCUT2D eigenvalue weighted by atomic mass is 9.86. The first-order valence-corrected chi connectivity index (χ1v) is 5.42. The molecule has 1 aliphatic carbocycles. The SMILES string of the molecule is CC1(C)C[C@@H](N)c2cc(Cl)cc(Cl)c21. The van der Waals surface area contributed by atoms with E-state index in [1.165, 1.54) is 0 Å². The summed E-state index contributed by atoms with van der Waals surface area (Å²) in [6.07, 6.45) is 0.933. The molecule has 3 heteroatoms. The van der Waals surface area contributed by atoms with Crippen LogP contribution >= 0.6 is 23.2 Å². The van der Waals surface area contributed by atoms with Gasteiger partial charge in [0.15, 0.2) is 0 Å². The van der Waals surface area contributed by atoms with Gasteiger partial charge in [0.1, 0.15) is 0 Å². The highest BCUT2D eigenvalue weighted by Gasteiger charge is 2.36. The van der Waals surface area contributed by atoms with Crippen LogP contribution in [0, 0.1) is 0 Å². The van der Waals surface area contributed by atoms with Crippen molar-refractivity contribution in [3.63, 3.8) is 0 Å². The third-order valence-electron chi connectivity index (χ3n) is 2.89. The molecule has 0 radical (unpaired) electrons. The Morgan fingerprint density at radius 3 is 2.64 bits per heavy atom. The molecule has 1 aromatic carbocycles. The van der Waals surface area contributed by atoms with Gasteiger partial charge < -0.3 is 5.73 Å². The molecule has 1 aromatic rings. The number of rotatable bonds is 0. The molecule has 1 atom stereocenters. The molecule has 0 saturated heterocycles. The average molecular weight is 230 g/mol. The van der Waals surface area contributed by atoms with Crippen LogP contribution in [0.1, 0.15) is 37.4 Å². The smallest absolute Gasteiger partial charge is 0.0461 e. The summed E-state index contributed by atoms with van der Waals surface area (Å²) >= 11 is 12.1. The van der Waals surface area contributed by atoms with Crippen molar-refractivity contribution in [1.82, 2.24) is 0 Å². The molecule has 14 heavy (non-hydrogen) atoms. The van der Waals surface area contributed by atoms with Gasteiger partial charge in [-0.05, 0) is 35.1 Å². The summed E-state index contributed by atoms with van der Waals surface area (Å²) in [7, 11) is 0. The zero-order chi connectivity index (χ0) is 10.5. The summed E-state index contributed by atoms with van der Waals surface area (Å²) in [5, 5.41) is 1.41. The molecule has 0 saturated carbocycles. The monoisotopic (exact) mass is 229 g/mol. The lowest BCUT2D eigenvalue weighted by molar-refractivity contribution is 0.481. The van der Waals surface area contributed by atoms with Crippen LogP contribution in [0.25, 0.3) is 0 Å². The van der Waals surface area contributed by atoms with E-state index in [9.17, 15) is 0 Å². The fraction of sp³-hybridized carbons (Fsp3) is 0.455. The van der Waals surface area contributed by atoms with Crippen LogP contribution in [0.2, 0.25) is 10.0 Å². The van der Waals surface area contributed by atoms with E-state index in [0.717, 1.165) is 22.6 Å². The summed E-state index contributed by atoms with van der Waals surface area (Å²) in [4.78, 5) is 0. The van der Waals surface area contributed by atoms with Gasteiger partial charge in [-0.25, -0.2) is 0 Å². The van der Waals surface area contributed by atoms with Crippen molar-refractivity contribution in [2.24, 2.45) is 5.73 Å². The molecule has 0 spiro atoms. The van der Waals surface area contributed by atoms with E-state index < -0.39 is 0 Å². The quantitative estimate of drug-likeness (QED) is 0.722. The molecular formula is C11H13Cl2N. The van der Waals surface area contributed by atoms with Gasteiger partial charge in [-0.15, -0.1) is 0 Å². The van der Waals surface area contributed by atoms with Crippen molar-refractivity contribution in [3.05, 3.63) is 33.3 Å². The van der Waals surface area contributed by atoms with Crippen molar-refractivity contribution >= 4 is 23.2 Å². The molecular weight excluding hydrogens is 217 g/mol. The van der Waals surface area contributed by atoms with Crippen molar-refractivity contribution < 1.29 is 0 Å². The van der Waals surface area contributed by atoms with E-state index in [1.807, 2.05) is 6.07 Å². The molecule has 0 bridgehead atoms. The number of hydrogen-bond donors (Lipinski definition) is 1. The summed E-state index contributed by atoms with van der Waals surface area (Å²) in [5.41, 5.74) is 8.38. The zero-order valence-corrected chi connectivity index (χ0v) is 9.78. The summed E-state index contributed by atoms with van der Waals surface area (Å²) < 4.78 is 0. The van der Waals surface area contributed by atoms with Crippen molar-refractivity contribution in [1.29, 1.82) is 0 Å². The van der Waals surface area contributed by atoms with Gasteiger partial charge in [0.2, 0.25) is 0 Å². The summed E-state index contributed by atoms with van der Waals surface area (Å²) in [5.74, 6) is 0. The molecule has 2 rings (SSSR count). The molecule has 1 aliphatic rings. The van der Waals surface area contributed by atoms with E-state index in [-0.39, 0.29) is 11.5 Å². The molecule has 0 unspecified atom stereocenters. The highest BCUT2D eigenvalue weighted by molar-refractivity contribution is 6.35. The minimum Gasteiger partial charge on any atom is -0.324 e. The van der Waals surface area contributed by atoms with Crippen LogP contribution in [0.3, 0.4) is 0 Å². The van der Waals surface area contributed by atoms with E-state index in [0.29, 0.717) is 5.02 Å². The highest BCUT2D eigenvalue weighted by atomic mass is 35.5. The van der Waals surface area contributed by atoms with Gasteiger partial charge in [0.05, 0.1) is 0 Å². The van der Waals surface area contributed by atoms with Crippen LogP contribution in [-0.2, 0) is 5.41 Å². The van der Waals surface area contributed by atoms with Crippen molar-refractivity contribution in [2.75, 3.05) is 0 Å². The van der Waals surface area contributed by atoms with Gasteiger partial charge in [-0.2, -0.15) is 0 Å². The van der Waals surface area contributed by atoms with Crippen molar-refractivity contribution in [2.45, 2.75) is 31.7 Å². The second-order valence-corrected chi connectivity index (χ2v) is 5.39. The molecule has 2 N–H and O–H groups in total. The number of benzene rings is 1. The normalized spacial score (nSPS) is 23.6. The van der Waals surface area contributed by atoms with E-state index in [4.69, 9.17) is 28.9 Å².